The summed E-state index contributed by atoms with van der Waals surface area (Å²) in [7, 11) is -3.94. The van der Waals surface area contributed by atoms with Crippen LogP contribution in [0.3, 0.4) is 0 Å². The summed E-state index contributed by atoms with van der Waals surface area (Å²) in [6.45, 7) is 0. The Bertz CT molecular complexity index is 756. The second-order valence-corrected chi connectivity index (χ2v) is 6.86. The van der Waals surface area contributed by atoms with Gasteiger partial charge in [0.2, 0.25) is 0 Å². The molecule has 1 N–H and O–H groups in total. The molecule has 0 bridgehead atoms. The SMILES string of the molecule is CSc1ccccc1NS(=O)(=O)c1ccc(C(F)(F)F)cc1. The lowest BCUT2D eigenvalue weighted by molar-refractivity contribution is -0.137. The molecule has 0 saturated carbocycles. The fourth-order valence-electron chi connectivity index (χ4n) is 1.76. The average molecular weight is 347 g/mol. The molecule has 2 aromatic carbocycles. The van der Waals surface area contributed by atoms with Crippen molar-refractivity contribution in [2.24, 2.45) is 0 Å². The van der Waals surface area contributed by atoms with E-state index in [-0.39, 0.29) is 4.90 Å². The van der Waals surface area contributed by atoms with Crippen molar-refractivity contribution < 1.29 is 21.6 Å². The van der Waals surface area contributed by atoms with Crippen LogP contribution in [0.25, 0.3) is 0 Å². The largest absolute Gasteiger partial charge is 0.416 e. The number of thioether (sulfide) groups is 1. The van der Waals surface area contributed by atoms with Crippen LogP contribution in [0.4, 0.5) is 18.9 Å². The summed E-state index contributed by atoms with van der Waals surface area (Å²) in [6.07, 6.45) is -2.70. The van der Waals surface area contributed by atoms with Crippen LogP contribution >= 0.6 is 11.8 Å². The highest BCUT2D eigenvalue weighted by molar-refractivity contribution is 7.99. The Labute approximate surface area is 130 Å². The van der Waals surface area contributed by atoms with Gasteiger partial charge in [-0.3, -0.25) is 4.72 Å². The van der Waals surface area contributed by atoms with Crippen molar-refractivity contribution in [2.75, 3.05) is 11.0 Å². The van der Waals surface area contributed by atoms with Gasteiger partial charge in [0.15, 0.2) is 0 Å². The third-order valence-electron chi connectivity index (χ3n) is 2.84. The first-order valence-corrected chi connectivity index (χ1v) is 8.78. The van der Waals surface area contributed by atoms with E-state index in [4.69, 9.17) is 0 Å². The Kier molecular flexibility index (Phi) is 4.72. The molecule has 22 heavy (non-hydrogen) atoms. The summed E-state index contributed by atoms with van der Waals surface area (Å²) in [4.78, 5) is 0.495. The van der Waals surface area contributed by atoms with Gasteiger partial charge in [-0.25, -0.2) is 8.42 Å². The molecule has 0 spiro atoms. The van der Waals surface area contributed by atoms with Gasteiger partial charge >= 0.3 is 6.18 Å². The minimum Gasteiger partial charge on any atom is -0.278 e. The Hall–Kier alpha value is -1.67. The average Bonchev–Trinajstić information content (AvgIpc) is 2.47. The van der Waals surface area contributed by atoms with Crippen LogP contribution in [0, 0.1) is 0 Å². The lowest BCUT2D eigenvalue weighted by Gasteiger charge is -2.12. The quantitative estimate of drug-likeness (QED) is 0.842. The molecule has 0 atom stereocenters. The van der Waals surface area contributed by atoms with Crippen molar-refractivity contribution in [1.29, 1.82) is 0 Å². The van der Waals surface area contributed by atoms with Crippen LogP contribution in [0.15, 0.2) is 58.3 Å². The molecule has 2 rings (SSSR count). The summed E-state index contributed by atoms with van der Waals surface area (Å²) < 4.78 is 64.3. The fourth-order valence-corrected chi connectivity index (χ4v) is 3.45. The monoisotopic (exact) mass is 347 g/mol. The Morgan fingerprint density at radius 1 is 1.00 bits per heavy atom. The van der Waals surface area contributed by atoms with E-state index in [0.717, 1.165) is 29.2 Å². The minimum atomic E-state index is -4.50. The number of alkyl halides is 3. The molecule has 0 aliphatic heterocycles. The number of hydrogen-bond donors (Lipinski definition) is 1. The molecule has 0 aliphatic carbocycles. The molecule has 0 heterocycles. The summed E-state index contributed by atoms with van der Waals surface area (Å²) >= 11 is 1.36. The summed E-state index contributed by atoms with van der Waals surface area (Å²) in [6, 6.07) is 10.1. The third-order valence-corrected chi connectivity index (χ3v) is 5.02. The fraction of sp³-hybridized carbons (Fsp3) is 0.143. The zero-order valence-corrected chi connectivity index (χ0v) is 13.0. The topological polar surface area (TPSA) is 46.2 Å². The predicted molar refractivity (Wildman–Crippen MR) is 80.5 cm³/mol. The van der Waals surface area contributed by atoms with Crippen LogP contribution in [0.1, 0.15) is 5.56 Å². The number of nitrogens with one attached hydrogen (secondary N) is 1. The first-order valence-electron chi connectivity index (χ1n) is 6.07. The highest BCUT2D eigenvalue weighted by Gasteiger charge is 2.30. The lowest BCUT2D eigenvalue weighted by atomic mass is 10.2. The molecular weight excluding hydrogens is 335 g/mol. The molecule has 118 valence electrons. The van der Waals surface area contributed by atoms with E-state index in [0.29, 0.717) is 5.69 Å². The zero-order valence-electron chi connectivity index (χ0n) is 11.4. The molecule has 0 fully saturated rings. The molecule has 2 aromatic rings. The number of sulfonamides is 1. The van der Waals surface area contributed by atoms with Gasteiger partial charge in [0.25, 0.3) is 10.0 Å². The Morgan fingerprint density at radius 3 is 2.14 bits per heavy atom. The molecule has 0 unspecified atom stereocenters. The number of para-hydroxylation sites is 1. The summed E-state index contributed by atoms with van der Waals surface area (Å²) in [5, 5.41) is 0. The van der Waals surface area contributed by atoms with E-state index in [2.05, 4.69) is 4.72 Å². The second kappa shape index (κ2) is 6.21. The second-order valence-electron chi connectivity index (χ2n) is 4.33. The van der Waals surface area contributed by atoms with Gasteiger partial charge in [-0.1, -0.05) is 12.1 Å². The van der Waals surface area contributed by atoms with E-state index in [1.54, 1.807) is 30.5 Å². The number of benzene rings is 2. The van der Waals surface area contributed by atoms with Gasteiger partial charge in [-0.2, -0.15) is 13.2 Å². The van der Waals surface area contributed by atoms with E-state index >= 15 is 0 Å². The maximum atomic E-state index is 12.5. The number of anilines is 1. The summed E-state index contributed by atoms with van der Waals surface area (Å²) in [5.41, 5.74) is -0.508. The predicted octanol–water partition coefficient (Wildman–Crippen LogP) is 4.23. The van der Waals surface area contributed by atoms with Crippen LogP contribution in [-0.2, 0) is 16.2 Å². The third kappa shape index (κ3) is 3.75. The van der Waals surface area contributed by atoms with Crippen molar-refractivity contribution in [2.45, 2.75) is 16.0 Å². The van der Waals surface area contributed by atoms with Crippen molar-refractivity contribution in [3.05, 3.63) is 54.1 Å². The lowest BCUT2D eigenvalue weighted by Crippen LogP contribution is -2.14. The minimum absolute atomic E-state index is 0.226. The van der Waals surface area contributed by atoms with E-state index in [1.165, 1.54) is 11.8 Å². The first-order chi connectivity index (χ1) is 10.2. The normalized spacial score (nSPS) is 12.2. The van der Waals surface area contributed by atoms with Gasteiger partial charge in [0.05, 0.1) is 16.1 Å². The molecule has 8 heteroatoms. The molecule has 0 aliphatic rings. The van der Waals surface area contributed by atoms with Gasteiger partial charge in [0, 0.05) is 4.90 Å². The molecular formula is C14H12F3NO2S2. The van der Waals surface area contributed by atoms with Gasteiger partial charge < -0.3 is 0 Å². The Morgan fingerprint density at radius 2 is 1.59 bits per heavy atom. The maximum Gasteiger partial charge on any atom is 0.416 e. The van der Waals surface area contributed by atoms with Gasteiger partial charge in [-0.05, 0) is 42.7 Å². The molecule has 0 amide bonds. The number of halogens is 3. The molecule has 3 nitrogen and oxygen atoms in total. The maximum absolute atomic E-state index is 12.5. The van der Waals surface area contributed by atoms with Gasteiger partial charge in [-0.15, -0.1) is 11.8 Å². The van der Waals surface area contributed by atoms with Crippen LogP contribution < -0.4 is 4.72 Å². The van der Waals surface area contributed by atoms with Crippen molar-refractivity contribution in [1.82, 2.24) is 0 Å². The molecule has 0 radical (unpaired) electrons. The number of hydrogen-bond acceptors (Lipinski definition) is 3. The van der Waals surface area contributed by atoms with Crippen molar-refractivity contribution in [3.63, 3.8) is 0 Å². The molecule has 0 aromatic heterocycles. The summed E-state index contributed by atoms with van der Waals surface area (Å²) in [5.74, 6) is 0. The smallest absolute Gasteiger partial charge is 0.278 e. The number of rotatable bonds is 4. The zero-order chi connectivity index (χ0) is 16.4. The van der Waals surface area contributed by atoms with Crippen molar-refractivity contribution >= 4 is 27.5 Å². The van der Waals surface area contributed by atoms with Crippen molar-refractivity contribution in [3.8, 4) is 0 Å². The van der Waals surface area contributed by atoms with Crippen LogP contribution in [0.5, 0.6) is 0 Å². The molecule has 0 saturated heterocycles. The Balaban J connectivity index is 2.31. The van der Waals surface area contributed by atoms with Crippen LogP contribution in [0.2, 0.25) is 0 Å². The van der Waals surface area contributed by atoms with E-state index < -0.39 is 21.8 Å². The van der Waals surface area contributed by atoms with Crippen LogP contribution in [-0.4, -0.2) is 14.7 Å². The highest BCUT2D eigenvalue weighted by Crippen LogP contribution is 2.31. The standard InChI is InChI=1S/C14H12F3NO2S2/c1-21-13-5-3-2-4-12(13)18-22(19,20)11-8-6-10(7-9-11)14(15,16)17/h2-9,18H,1H3. The first kappa shape index (κ1) is 16.7. The highest BCUT2D eigenvalue weighted by atomic mass is 32.2. The van der Waals surface area contributed by atoms with E-state index in [9.17, 15) is 21.6 Å². The van der Waals surface area contributed by atoms with Gasteiger partial charge in [0.1, 0.15) is 0 Å². The van der Waals surface area contributed by atoms with E-state index in [1.807, 2.05) is 0 Å².